The van der Waals surface area contributed by atoms with Gasteiger partial charge in [-0.15, -0.1) is 0 Å². The Kier molecular flexibility index (Phi) is 3.49. The fourth-order valence-electron chi connectivity index (χ4n) is 2.29. The zero-order valence-electron chi connectivity index (χ0n) is 11.5. The van der Waals surface area contributed by atoms with Crippen molar-refractivity contribution in [1.29, 1.82) is 0 Å². The van der Waals surface area contributed by atoms with Crippen LogP contribution in [0.2, 0.25) is 0 Å². The molecule has 0 bridgehead atoms. The summed E-state index contributed by atoms with van der Waals surface area (Å²) >= 11 is 0. The number of rotatable bonds is 3. The normalized spacial score (nSPS) is 19.7. The number of nitrogens with two attached hydrogens (primary N) is 1. The van der Waals surface area contributed by atoms with Crippen molar-refractivity contribution in [2.45, 2.75) is 32.4 Å². The quantitative estimate of drug-likeness (QED) is 0.877. The minimum Gasteiger partial charge on any atom is -0.329 e. The number of halogens is 1. The maximum absolute atomic E-state index is 13.2. The monoisotopic (exact) mass is 265 g/mol. The molecule has 4 nitrogen and oxygen atoms in total. The molecule has 1 aromatic rings. The van der Waals surface area contributed by atoms with Gasteiger partial charge in [0.15, 0.2) is 0 Å². The predicted octanol–water partition coefficient (Wildman–Crippen LogP) is 1.94. The molecule has 19 heavy (non-hydrogen) atoms. The van der Waals surface area contributed by atoms with E-state index in [1.807, 2.05) is 13.8 Å². The first-order valence-electron chi connectivity index (χ1n) is 6.37. The van der Waals surface area contributed by atoms with Crippen LogP contribution in [0.5, 0.6) is 0 Å². The second kappa shape index (κ2) is 4.81. The smallest absolute Gasteiger partial charge is 0.318 e. The summed E-state index contributed by atoms with van der Waals surface area (Å²) in [6.45, 7) is 6.54. The van der Waals surface area contributed by atoms with Crippen molar-refractivity contribution >= 4 is 6.03 Å². The SMILES string of the molecule is Cc1cc(C2CN(CC(C)(C)N)C(=O)N2)ccc1F. The van der Waals surface area contributed by atoms with Gasteiger partial charge < -0.3 is 16.0 Å². The molecule has 2 rings (SSSR count). The van der Waals surface area contributed by atoms with Gasteiger partial charge in [-0.05, 0) is 38.0 Å². The standard InChI is InChI=1S/C14H20FN3O/c1-9-6-10(4-5-11(9)15)12-7-18(13(19)17-12)8-14(2,3)16/h4-6,12H,7-8,16H2,1-3H3,(H,17,19). The largest absolute Gasteiger partial charge is 0.329 e. The number of benzene rings is 1. The molecule has 1 saturated heterocycles. The minimum absolute atomic E-state index is 0.103. The first-order valence-corrected chi connectivity index (χ1v) is 6.37. The molecule has 3 N–H and O–H groups in total. The van der Waals surface area contributed by atoms with Gasteiger partial charge in [-0.1, -0.05) is 12.1 Å². The third kappa shape index (κ3) is 3.23. The molecule has 1 unspecified atom stereocenters. The number of carbonyl (C=O) groups excluding carboxylic acids is 1. The van der Waals surface area contributed by atoms with Crippen molar-refractivity contribution < 1.29 is 9.18 Å². The van der Waals surface area contributed by atoms with Gasteiger partial charge in [0.2, 0.25) is 0 Å². The lowest BCUT2D eigenvalue weighted by atomic mass is 10.0. The van der Waals surface area contributed by atoms with E-state index in [1.165, 1.54) is 6.07 Å². The summed E-state index contributed by atoms with van der Waals surface area (Å²) in [4.78, 5) is 13.6. The number of aryl methyl sites for hydroxylation is 1. The highest BCUT2D eigenvalue weighted by atomic mass is 19.1. The molecule has 0 radical (unpaired) electrons. The van der Waals surface area contributed by atoms with E-state index < -0.39 is 5.54 Å². The van der Waals surface area contributed by atoms with E-state index in [9.17, 15) is 9.18 Å². The number of carbonyl (C=O) groups is 1. The molecule has 5 heteroatoms. The topological polar surface area (TPSA) is 58.4 Å². The Morgan fingerprint density at radius 2 is 2.21 bits per heavy atom. The van der Waals surface area contributed by atoms with E-state index in [0.29, 0.717) is 18.7 Å². The van der Waals surface area contributed by atoms with Crippen molar-refractivity contribution in [3.63, 3.8) is 0 Å². The van der Waals surface area contributed by atoms with Gasteiger partial charge in [0.25, 0.3) is 0 Å². The molecule has 1 aromatic carbocycles. The summed E-state index contributed by atoms with van der Waals surface area (Å²) in [5.74, 6) is -0.229. The third-order valence-corrected chi connectivity index (χ3v) is 3.17. The van der Waals surface area contributed by atoms with E-state index in [2.05, 4.69) is 5.32 Å². The molecule has 0 aliphatic carbocycles. The highest BCUT2D eigenvalue weighted by molar-refractivity contribution is 5.77. The Balaban J connectivity index is 2.12. The number of hydrogen-bond donors (Lipinski definition) is 2. The maximum Gasteiger partial charge on any atom is 0.318 e. The summed E-state index contributed by atoms with van der Waals surface area (Å²) in [6.07, 6.45) is 0. The third-order valence-electron chi connectivity index (χ3n) is 3.17. The average molecular weight is 265 g/mol. The fourth-order valence-corrected chi connectivity index (χ4v) is 2.29. The van der Waals surface area contributed by atoms with E-state index in [1.54, 1.807) is 24.0 Å². The Hall–Kier alpha value is -1.62. The van der Waals surface area contributed by atoms with Gasteiger partial charge in [-0.3, -0.25) is 0 Å². The number of amides is 2. The lowest BCUT2D eigenvalue weighted by Gasteiger charge is -2.25. The second-order valence-corrected chi connectivity index (χ2v) is 5.88. The van der Waals surface area contributed by atoms with Crippen molar-refractivity contribution in [2.75, 3.05) is 13.1 Å². The molecule has 1 aliphatic rings. The van der Waals surface area contributed by atoms with E-state index >= 15 is 0 Å². The second-order valence-electron chi connectivity index (χ2n) is 5.88. The van der Waals surface area contributed by atoms with Gasteiger partial charge in [0.1, 0.15) is 5.82 Å². The van der Waals surface area contributed by atoms with Gasteiger partial charge >= 0.3 is 6.03 Å². The maximum atomic E-state index is 13.2. The Morgan fingerprint density at radius 1 is 1.53 bits per heavy atom. The van der Waals surface area contributed by atoms with Crippen LogP contribution in [0.4, 0.5) is 9.18 Å². The molecule has 1 atom stereocenters. The highest BCUT2D eigenvalue weighted by Gasteiger charge is 2.32. The van der Waals surface area contributed by atoms with Crippen LogP contribution in [0.25, 0.3) is 0 Å². The van der Waals surface area contributed by atoms with Crippen molar-refractivity contribution in [3.05, 3.63) is 35.1 Å². The number of urea groups is 1. The molecule has 104 valence electrons. The Bertz CT molecular complexity index is 496. The Labute approximate surface area is 112 Å². The van der Waals surface area contributed by atoms with E-state index in [0.717, 1.165) is 5.56 Å². The minimum atomic E-state index is -0.426. The number of hydrogen-bond acceptors (Lipinski definition) is 2. The van der Waals surface area contributed by atoms with Crippen LogP contribution in [-0.4, -0.2) is 29.6 Å². The van der Waals surface area contributed by atoms with Crippen LogP contribution < -0.4 is 11.1 Å². The molecule has 1 heterocycles. The van der Waals surface area contributed by atoms with Crippen LogP contribution in [-0.2, 0) is 0 Å². The molecular weight excluding hydrogens is 245 g/mol. The van der Waals surface area contributed by atoms with Crippen molar-refractivity contribution in [1.82, 2.24) is 10.2 Å². The van der Waals surface area contributed by atoms with E-state index in [-0.39, 0.29) is 17.9 Å². The fraction of sp³-hybridized carbons (Fsp3) is 0.500. The molecule has 0 aromatic heterocycles. The van der Waals surface area contributed by atoms with Gasteiger partial charge in [0.05, 0.1) is 6.04 Å². The first-order chi connectivity index (χ1) is 8.76. The van der Waals surface area contributed by atoms with Crippen LogP contribution in [0.1, 0.15) is 31.0 Å². The lowest BCUT2D eigenvalue weighted by Crippen LogP contribution is -2.46. The van der Waals surface area contributed by atoms with Crippen molar-refractivity contribution in [2.24, 2.45) is 5.73 Å². The molecule has 0 saturated carbocycles. The molecule has 1 fully saturated rings. The summed E-state index contributed by atoms with van der Waals surface area (Å²) in [6, 6.07) is 4.70. The summed E-state index contributed by atoms with van der Waals surface area (Å²) in [5.41, 5.74) is 7.02. The number of nitrogens with zero attached hydrogens (tertiary/aromatic N) is 1. The predicted molar refractivity (Wildman–Crippen MR) is 72.2 cm³/mol. The summed E-state index contributed by atoms with van der Waals surface area (Å²) in [5, 5.41) is 2.90. The van der Waals surface area contributed by atoms with Crippen LogP contribution in [0.3, 0.4) is 0 Å². The highest BCUT2D eigenvalue weighted by Crippen LogP contribution is 2.23. The summed E-state index contributed by atoms with van der Waals surface area (Å²) in [7, 11) is 0. The van der Waals surface area contributed by atoms with Gasteiger partial charge in [0, 0.05) is 18.6 Å². The lowest BCUT2D eigenvalue weighted by molar-refractivity contribution is 0.207. The van der Waals surface area contributed by atoms with Crippen molar-refractivity contribution in [3.8, 4) is 0 Å². The summed E-state index contributed by atoms with van der Waals surface area (Å²) < 4.78 is 13.2. The molecule has 0 spiro atoms. The van der Waals surface area contributed by atoms with Crippen LogP contribution in [0, 0.1) is 12.7 Å². The average Bonchev–Trinajstić information content (AvgIpc) is 2.62. The zero-order valence-corrected chi connectivity index (χ0v) is 11.5. The molecule has 1 aliphatic heterocycles. The first kappa shape index (κ1) is 13.8. The van der Waals surface area contributed by atoms with E-state index in [4.69, 9.17) is 5.73 Å². The Morgan fingerprint density at radius 3 is 2.79 bits per heavy atom. The molecule has 2 amide bonds. The number of nitrogens with one attached hydrogen (secondary N) is 1. The van der Waals surface area contributed by atoms with Gasteiger partial charge in [-0.25, -0.2) is 9.18 Å². The van der Waals surface area contributed by atoms with Crippen LogP contribution in [0.15, 0.2) is 18.2 Å². The zero-order chi connectivity index (χ0) is 14.2. The van der Waals surface area contributed by atoms with Crippen LogP contribution >= 0.6 is 0 Å². The molecular formula is C14H20FN3O. The van der Waals surface area contributed by atoms with Gasteiger partial charge in [-0.2, -0.15) is 0 Å².